The standard InChI is InChI=1S/C71H101N15O18S/c1-40(57(90)32-46(22-24-62(95)96)64(98)81-51(63(73)97)18-11-26-77-71(74)75)79-66(100)47(30-43-14-7-5-8-15-43)34-59(92)53(35-48-37-76-39-78-48)83-67(101)55-19-12-27-85(55)69(103)49(41(2)88)36-60(93)52(31-44-16-9-6-10-17-44)82-68(102)56-20-13-28-86(56)70(104)54(38-87)84-65(99)45(21-23-61(72)94)33-58(91)50(25-29-105-4)80-42(3)89/h5-10,14-17,37,39-41,45-47,49-56,87-88H,11-13,18-36,38H2,1-4H3,(H2,72,94)(H2,73,97)(H,76,78)(H,79,100)(H,80,89)(H,81,98)(H,82,102)(H,83,101)(H,84,99)(H,95,96)(H4,74,75,77)/t40-,41+,45+,46+,47+,49-,50-,51-,52-,53-,54-,55-,56-/m0/s1. The number of nitrogens with one attached hydrogen (secondary N) is 7. The van der Waals surface area contributed by atoms with Crippen molar-refractivity contribution in [3.8, 4) is 0 Å². The summed E-state index contributed by atoms with van der Waals surface area (Å²) in [7, 11) is 0. The Hall–Kier alpha value is -9.96. The van der Waals surface area contributed by atoms with Crippen LogP contribution in [0.4, 0.5) is 0 Å². The second-order valence-corrected chi connectivity index (χ2v) is 27.6. The summed E-state index contributed by atoms with van der Waals surface area (Å²) in [6, 6.07) is 6.75. The number of nitrogens with two attached hydrogens (primary N) is 4. The number of carbonyl (C=O) groups excluding carboxylic acids is 14. The number of rotatable bonds is 47. The number of likely N-dealkylation sites (tertiary alicyclic amines) is 2. The number of ketones is 4. The number of carboxylic acid groups (broad SMARTS) is 1. The van der Waals surface area contributed by atoms with Gasteiger partial charge in [-0.1, -0.05) is 60.7 Å². The molecule has 34 heteroatoms. The number of aliphatic carboxylic acids is 1. The minimum atomic E-state index is -1.64. The van der Waals surface area contributed by atoms with Gasteiger partial charge < -0.3 is 84.9 Å². The van der Waals surface area contributed by atoms with Gasteiger partial charge in [0.15, 0.2) is 29.1 Å². The van der Waals surface area contributed by atoms with E-state index >= 15 is 0 Å². The van der Waals surface area contributed by atoms with Crippen molar-refractivity contribution in [1.82, 2.24) is 51.7 Å². The lowest BCUT2D eigenvalue weighted by molar-refractivity contribution is -0.147. The van der Waals surface area contributed by atoms with Crippen LogP contribution in [0.3, 0.4) is 0 Å². The normalized spacial score (nSPS) is 17.2. The Bertz CT molecular complexity index is 3530. The van der Waals surface area contributed by atoms with Crippen molar-refractivity contribution in [3.63, 3.8) is 0 Å². The van der Waals surface area contributed by atoms with Crippen molar-refractivity contribution in [2.75, 3.05) is 38.2 Å². The molecule has 13 atom stereocenters. The first-order valence-electron chi connectivity index (χ1n) is 35.1. The van der Waals surface area contributed by atoms with Crippen molar-refractivity contribution in [3.05, 3.63) is 90.0 Å². The van der Waals surface area contributed by atoms with Crippen LogP contribution in [0, 0.1) is 23.7 Å². The summed E-state index contributed by atoms with van der Waals surface area (Å²) >= 11 is 1.43. The Kier molecular flexibility index (Phi) is 35.4. The van der Waals surface area contributed by atoms with Crippen molar-refractivity contribution in [2.45, 2.75) is 191 Å². The Morgan fingerprint density at radius 1 is 0.600 bits per heavy atom. The number of imidazole rings is 1. The molecule has 18 N–H and O–H groups in total. The zero-order chi connectivity index (χ0) is 77.4. The molecule has 10 amide bonds. The number of benzene rings is 2. The number of aromatic amines is 1. The number of hydrogen-bond donors (Lipinski definition) is 14. The minimum absolute atomic E-state index is 0.0115. The van der Waals surface area contributed by atoms with E-state index in [1.165, 1.54) is 50.0 Å². The zero-order valence-electron chi connectivity index (χ0n) is 59.7. The van der Waals surface area contributed by atoms with Gasteiger partial charge in [-0.05, 0) is 108 Å². The molecule has 33 nitrogen and oxygen atoms in total. The van der Waals surface area contributed by atoms with Crippen LogP contribution >= 0.6 is 11.8 Å². The van der Waals surface area contributed by atoms with Gasteiger partial charge in [-0.25, -0.2) is 4.98 Å². The first-order valence-corrected chi connectivity index (χ1v) is 36.5. The molecule has 2 aromatic carbocycles. The Labute approximate surface area is 612 Å². The lowest BCUT2D eigenvalue weighted by Gasteiger charge is -2.32. The molecule has 0 bridgehead atoms. The van der Waals surface area contributed by atoms with Crippen LogP contribution < -0.4 is 54.8 Å². The van der Waals surface area contributed by atoms with Crippen molar-refractivity contribution >= 4 is 106 Å². The number of amides is 10. The van der Waals surface area contributed by atoms with Crippen molar-refractivity contribution in [1.29, 1.82) is 0 Å². The quantitative estimate of drug-likeness (QED) is 0.0173. The molecule has 2 aliphatic heterocycles. The molecule has 1 aromatic heterocycles. The Balaban J connectivity index is 1.33. The molecule has 105 heavy (non-hydrogen) atoms. The SMILES string of the molecule is CSCC[C@H](NC(C)=O)C(=O)C[C@@H](CCC(N)=O)C(=O)N[C@@H](CO)C(=O)N1CCC[C@H]1C(=O)N[C@@H](Cc1ccccc1)C(=O)C[C@H](C(=O)N1CCC[C@H]1C(=O)N[C@@H](Cc1cnc[nH]1)C(=O)C[C@@H](Cc1ccccc1)C(=O)N[C@@H](C)C(=O)C[C@@H](CCC(=O)O)C(=O)N[C@@H](CCCN=C(N)N)C(N)=O)[C@@H](C)O. The summed E-state index contributed by atoms with van der Waals surface area (Å²) in [5.41, 5.74) is 23.3. The van der Waals surface area contributed by atoms with E-state index in [1.54, 1.807) is 60.7 Å². The van der Waals surface area contributed by atoms with Crippen LogP contribution in [0.5, 0.6) is 0 Å². The fourth-order valence-electron chi connectivity index (χ4n) is 12.7. The van der Waals surface area contributed by atoms with Gasteiger partial charge in [0.25, 0.3) is 0 Å². The fraction of sp³-hybridized carbons (Fsp3) is 0.563. The summed E-state index contributed by atoms with van der Waals surface area (Å²) in [6.07, 6.45) is 0.330. The van der Waals surface area contributed by atoms with Crippen LogP contribution in [0.25, 0.3) is 0 Å². The van der Waals surface area contributed by atoms with Gasteiger partial charge in [0.2, 0.25) is 59.1 Å². The summed E-state index contributed by atoms with van der Waals surface area (Å²) in [4.78, 5) is 218. The summed E-state index contributed by atoms with van der Waals surface area (Å²) < 4.78 is 0. The number of guanidine groups is 1. The van der Waals surface area contributed by atoms with Gasteiger partial charge >= 0.3 is 5.97 Å². The minimum Gasteiger partial charge on any atom is -0.481 e. The maximum absolute atomic E-state index is 14.9. The number of aliphatic hydroxyl groups is 2. The zero-order valence-corrected chi connectivity index (χ0v) is 60.5. The summed E-state index contributed by atoms with van der Waals surface area (Å²) in [5.74, 6) is -16.6. The highest BCUT2D eigenvalue weighted by atomic mass is 32.2. The average molecular weight is 1480 g/mol. The third-order valence-electron chi connectivity index (χ3n) is 18.5. The van der Waals surface area contributed by atoms with Crippen LogP contribution in [-0.4, -0.2) is 222 Å². The van der Waals surface area contributed by atoms with E-state index in [9.17, 15) is 87.2 Å². The predicted molar refractivity (Wildman–Crippen MR) is 384 cm³/mol. The highest BCUT2D eigenvalue weighted by Gasteiger charge is 2.44. The smallest absolute Gasteiger partial charge is 0.303 e. The number of carboxylic acids is 1. The van der Waals surface area contributed by atoms with Crippen LogP contribution in [0.15, 0.2) is 78.2 Å². The highest BCUT2D eigenvalue weighted by molar-refractivity contribution is 7.98. The number of aliphatic imine (C=N–C) groups is 1. The molecule has 3 heterocycles. The third-order valence-corrected chi connectivity index (χ3v) is 19.2. The molecule has 0 unspecified atom stereocenters. The van der Waals surface area contributed by atoms with Gasteiger partial charge in [-0.3, -0.25) is 76.9 Å². The van der Waals surface area contributed by atoms with E-state index < -0.39 is 205 Å². The molecular formula is C71H101N15O18S. The van der Waals surface area contributed by atoms with Gasteiger partial charge in [0.05, 0.1) is 49.1 Å². The molecule has 2 aliphatic rings. The number of Topliss-reactive ketones (excluding diaryl/α,β-unsaturated/α-hetero) is 4. The van der Waals surface area contributed by atoms with Crippen molar-refractivity contribution < 1.29 is 87.2 Å². The Morgan fingerprint density at radius 3 is 1.63 bits per heavy atom. The number of primary amides is 2. The largest absolute Gasteiger partial charge is 0.481 e. The lowest BCUT2D eigenvalue weighted by Crippen LogP contribution is -2.57. The van der Waals surface area contributed by atoms with Crippen molar-refractivity contribution in [2.24, 2.45) is 51.6 Å². The first kappa shape index (κ1) is 85.7. The van der Waals surface area contributed by atoms with E-state index in [1.807, 2.05) is 6.26 Å². The molecular weight excluding hydrogens is 1380 g/mol. The number of carbonyl (C=O) groups is 15. The average Bonchev–Trinajstić information content (AvgIpc) is 1.73. The fourth-order valence-corrected chi connectivity index (χ4v) is 13.2. The van der Waals surface area contributed by atoms with Gasteiger partial charge in [-0.15, -0.1) is 0 Å². The van der Waals surface area contributed by atoms with E-state index in [0.29, 0.717) is 22.6 Å². The second-order valence-electron chi connectivity index (χ2n) is 26.6. The molecule has 574 valence electrons. The van der Waals surface area contributed by atoms with E-state index in [4.69, 9.17) is 22.9 Å². The van der Waals surface area contributed by atoms with Crippen LogP contribution in [0.1, 0.15) is 134 Å². The number of nitrogens with zero attached hydrogens (tertiary/aromatic N) is 4. The lowest BCUT2D eigenvalue weighted by atomic mass is 9.89. The van der Waals surface area contributed by atoms with E-state index in [2.05, 4.69) is 46.9 Å². The van der Waals surface area contributed by atoms with Crippen LogP contribution in [-0.2, 0) is 91.2 Å². The molecule has 2 saturated heterocycles. The monoisotopic (exact) mass is 1480 g/mol. The number of H-pyrrole nitrogens is 1. The maximum atomic E-state index is 14.9. The summed E-state index contributed by atoms with van der Waals surface area (Å²) in [5, 5.41) is 47.2. The molecule has 0 aliphatic carbocycles. The van der Waals surface area contributed by atoms with E-state index in [0.717, 1.165) is 4.90 Å². The predicted octanol–water partition coefficient (Wildman–Crippen LogP) is -1.53. The maximum Gasteiger partial charge on any atom is 0.303 e. The Morgan fingerprint density at radius 2 is 1.11 bits per heavy atom. The number of thioether (sulfide) groups is 1. The van der Waals surface area contributed by atoms with Gasteiger partial charge in [-0.2, -0.15) is 11.8 Å². The topological polar surface area (TPSA) is 541 Å². The molecule has 0 radical (unpaired) electrons. The molecule has 5 rings (SSSR count). The number of hydrogen-bond acceptors (Lipinski definition) is 20. The number of aromatic nitrogens is 2. The third kappa shape index (κ3) is 28.2. The van der Waals surface area contributed by atoms with E-state index in [-0.39, 0.29) is 109 Å². The second kappa shape index (κ2) is 43.3. The molecule has 2 fully saturated rings. The van der Waals surface area contributed by atoms with Gasteiger partial charge in [0, 0.05) is 101 Å². The molecule has 0 saturated carbocycles. The number of aliphatic hydroxyl groups excluding tert-OH is 2. The highest BCUT2D eigenvalue weighted by Crippen LogP contribution is 2.27. The first-order chi connectivity index (χ1) is 49.9. The van der Waals surface area contributed by atoms with Gasteiger partial charge in [0.1, 0.15) is 24.2 Å². The molecule has 0 spiro atoms. The summed E-state index contributed by atoms with van der Waals surface area (Å²) in [6.45, 7) is 3.00. The van der Waals surface area contributed by atoms with Crippen LogP contribution in [0.2, 0.25) is 0 Å². The molecule has 3 aromatic rings.